The second kappa shape index (κ2) is 4.78. The van der Waals surface area contributed by atoms with Crippen LogP contribution >= 0.6 is 0 Å². The van der Waals surface area contributed by atoms with E-state index in [1.54, 1.807) is 0 Å². The predicted molar refractivity (Wildman–Crippen MR) is 70.0 cm³/mol. The number of hydrogen-bond acceptors (Lipinski definition) is 2. The van der Waals surface area contributed by atoms with E-state index in [2.05, 4.69) is 30.5 Å². The molecule has 2 atom stereocenters. The van der Waals surface area contributed by atoms with Crippen molar-refractivity contribution in [1.82, 2.24) is 5.32 Å². The standard InChI is InChI=1S/C14H20N2O/c1-9(2)10(3)15-14(17)13-8-11-6-4-5-7-12(11)16-13/h4-7,9-10,13,16H,8H2,1-3H3,(H,15,17)/t10?,13-/m0/s1. The molecule has 92 valence electrons. The van der Waals surface area contributed by atoms with Crippen LogP contribution in [0.2, 0.25) is 0 Å². The maximum atomic E-state index is 12.1. The van der Waals surface area contributed by atoms with Crippen molar-refractivity contribution in [1.29, 1.82) is 0 Å². The van der Waals surface area contributed by atoms with Crippen molar-refractivity contribution in [2.24, 2.45) is 5.92 Å². The Labute approximate surface area is 103 Å². The third kappa shape index (κ3) is 2.60. The van der Waals surface area contributed by atoms with E-state index < -0.39 is 0 Å². The van der Waals surface area contributed by atoms with Gasteiger partial charge in [0, 0.05) is 18.2 Å². The lowest BCUT2D eigenvalue weighted by Crippen LogP contribution is -2.44. The molecular formula is C14H20N2O. The topological polar surface area (TPSA) is 41.1 Å². The third-order valence-electron chi connectivity index (χ3n) is 3.46. The summed E-state index contributed by atoms with van der Waals surface area (Å²) in [6, 6.07) is 8.19. The second-order valence-corrected chi connectivity index (χ2v) is 5.10. The van der Waals surface area contributed by atoms with Crippen LogP contribution in [0.15, 0.2) is 24.3 Å². The molecule has 1 aromatic rings. The maximum Gasteiger partial charge on any atom is 0.243 e. The Morgan fingerprint density at radius 1 is 1.35 bits per heavy atom. The first-order valence-electron chi connectivity index (χ1n) is 6.22. The number of carbonyl (C=O) groups excluding carboxylic acids is 1. The molecule has 17 heavy (non-hydrogen) atoms. The molecule has 0 radical (unpaired) electrons. The maximum absolute atomic E-state index is 12.1. The van der Waals surface area contributed by atoms with Gasteiger partial charge in [0.15, 0.2) is 0 Å². The van der Waals surface area contributed by atoms with Gasteiger partial charge in [-0.2, -0.15) is 0 Å². The monoisotopic (exact) mass is 232 g/mol. The Bertz CT molecular complexity index is 389. The van der Waals surface area contributed by atoms with Gasteiger partial charge in [-0.3, -0.25) is 4.79 Å². The first-order valence-corrected chi connectivity index (χ1v) is 6.22. The SMILES string of the molecule is CC(C)C(C)NC(=O)[C@@H]1Cc2ccccc2N1. The van der Waals surface area contributed by atoms with Gasteiger partial charge in [-0.1, -0.05) is 32.0 Å². The lowest BCUT2D eigenvalue weighted by Gasteiger charge is -2.20. The molecule has 1 aromatic carbocycles. The van der Waals surface area contributed by atoms with Crippen LogP contribution in [0.25, 0.3) is 0 Å². The fourth-order valence-electron chi connectivity index (χ4n) is 1.95. The zero-order valence-corrected chi connectivity index (χ0v) is 10.7. The largest absolute Gasteiger partial charge is 0.373 e. The molecule has 3 nitrogen and oxygen atoms in total. The van der Waals surface area contributed by atoms with Gasteiger partial charge >= 0.3 is 0 Å². The molecule has 2 rings (SSSR count). The molecule has 0 saturated carbocycles. The number of para-hydroxylation sites is 1. The number of carbonyl (C=O) groups is 1. The van der Waals surface area contributed by atoms with Crippen molar-refractivity contribution < 1.29 is 4.79 Å². The Hall–Kier alpha value is -1.51. The number of anilines is 1. The quantitative estimate of drug-likeness (QED) is 0.838. The number of amides is 1. The molecule has 0 spiro atoms. The van der Waals surface area contributed by atoms with Crippen molar-refractivity contribution in [3.63, 3.8) is 0 Å². The van der Waals surface area contributed by atoms with E-state index in [4.69, 9.17) is 0 Å². The van der Waals surface area contributed by atoms with E-state index in [9.17, 15) is 4.79 Å². The number of nitrogens with one attached hydrogen (secondary N) is 2. The van der Waals surface area contributed by atoms with Crippen LogP contribution in [0.5, 0.6) is 0 Å². The molecule has 0 saturated heterocycles. The summed E-state index contributed by atoms with van der Waals surface area (Å²) < 4.78 is 0. The summed E-state index contributed by atoms with van der Waals surface area (Å²) in [4.78, 5) is 12.1. The average molecular weight is 232 g/mol. The van der Waals surface area contributed by atoms with Gasteiger partial charge < -0.3 is 10.6 Å². The molecular weight excluding hydrogens is 212 g/mol. The second-order valence-electron chi connectivity index (χ2n) is 5.10. The fourth-order valence-corrected chi connectivity index (χ4v) is 1.95. The number of benzene rings is 1. The van der Waals surface area contributed by atoms with Gasteiger partial charge in [0.1, 0.15) is 6.04 Å². The lowest BCUT2D eigenvalue weighted by molar-refractivity contribution is -0.122. The minimum atomic E-state index is -0.117. The number of rotatable bonds is 3. The summed E-state index contributed by atoms with van der Waals surface area (Å²) in [7, 11) is 0. The van der Waals surface area contributed by atoms with Crippen LogP contribution in [-0.4, -0.2) is 18.0 Å². The highest BCUT2D eigenvalue weighted by Gasteiger charge is 2.27. The van der Waals surface area contributed by atoms with Crippen molar-refractivity contribution in [3.8, 4) is 0 Å². The molecule has 0 bridgehead atoms. The van der Waals surface area contributed by atoms with E-state index in [-0.39, 0.29) is 18.0 Å². The number of hydrogen-bond donors (Lipinski definition) is 2. The summed E-state index contributed by atoms with van der Waals surface area (Å²) in [5, 5.41) is 6.32. The van der Waals surface area contributed by atoms with Crippen LogP contribution in [0, 0.1) is 5.92 Å². The average Bonchev–Trinajstić information content (AvgIpc) is 2.72. The summed E-state index contributed by atoms with van der Waals surface area (Å²) >= 11 is 0. The van der Waals surface area contributed by atoms with Gasteiger partial charge in [-0.05, 0) is 24.5 Å². The van der Waals surface area contributed by atoms with Gasteiger partial charge in [0.2, 0.25) is 5.91 Å². The Balaban J connectivity index is 1.97. The molecule has 3 heteroatoms. The van der Waals surface area contributed by atoms with Gasteiger partial charge in [0.25, 0.3) is 0 Å². The summed E-state index contributed by atoms with van der Waals surface area (Å²) in [5.41, 5.74) is 2.31. The molecule has 1 amide bonds. The van der Waals surface area contributed by atoms with Gasteiger partial charge in [-0.25, -0.2) is 0 Å². The minimum Gasteiger partial charge on any atom is -0.373 e. The molecule has 2 N–H and O–H groups in total. The van der Waals surface area contributed by atoms with E-state index >= 15 is 0 Å². The Morgan fingerprint density at radius 2 is 2.06 bits per heavy atom. The van der Waals surface area contributed by atoms with E-state index in [1.807, 2.05) is 25.1 Å². The molecule has 1 unspecified atom stereocenters. The highest BCUT2D eigenvalue weighted by atomic mass is 16.2. The highest BCUT2D eigenvalue weighted by Crippen LogP contribution is 2.25. The zero-order valence-electron chi connectivity index (χ0n) is 10.7. The van der Waals surface area contributed by atoms with Gasteiger partial charge in [0.05, 0.1) is 0 Å². The van der Waals surface area contributed by atoms with E-state index in [1.165, 1.54) is 5.56 Å². The van der Waals surface area contributed by atoms with Crippen molar-refractivity contribution in [3.05, 3.63) is 29.8 Å². The normalized spacial score (nSPS) is 19.6. The first-order chi connectivity index (χ1) is 8.08. The summed E-state index contributed by atoms with van der Waals surface area (Å²) in [5.74, 6) is 0.560. The van der Waals surface area contributed by atoms with Crippen LogP contribution in [0.1, 0.15) is 26.3 Å². The van der Waals surface area contributed by atoms with Crippen LogP contribution in [0.4, 0.5) is 5.69 Å². The van der Waals surface area contributed by atoms with Crippen molar-refractivity contribution in [2.75, 3.05) is 5.32 Å². The zero-order chi connectivity index (χ0) is 12.4. The van der Waals surface area contributed by atoms with Crippen molar-refractivity contribution in [2.45, 2.75) is 39.3 Å². The predicted octanol–water partition coefficient (Wildman–Crippen LogP) is 2.18. The molecule has 1 heterocycles. The minimum absolute atomic E-state index is 0.0994. The summed E-state index contributed by atoms with van der Waals surface area (Å²) in [6.45, 7) is 6.27. The molecule has 1 aliphatic heterocycles. The Morgan fingerprint density at radius 3 is 2.71 bits per heavy atom. The third-order valence-corrected chi connectivity index (χ3v) is 3.46. The molecule has 1 aliphatic rings. The highest BCUT2D eigenvalue weighted by molar-refractivity contribution is 5.87. The number of fused-ring (bicyclic) bond motifs is 1. The molecule has 0 aliphatic carbocycles. The molecule has 0 fully saturated rings. The van der Waals surface area contributed by atoms with E-state index in [0.717, 1.165) is 12.1 Å². The van der Waals surface area contributed by atoms with Crippen LogP contribution < -0.4 is 10.6 Å². The smallest absolute Gasteiger partial charge is 0.243 e. The van der Waals surface area contributed by atoms with Gasteiger partial charge in [-0.15, -0.1) is 0 Å². The van der Waals surface area contributed by atoms with E-state index in [0.29, 0.717) is 5.92 Å². The summed E-state index contributed by atoms with van der Waals surface area (Å²) in [6.07, 6.45) is 0.785. The molecule has 0 aromatic heterocycles. The Kier molecular flexibility index (Phi) is 3.36. The lowest BCUT2D eigenvalue weighted by atomic mass is 10.1. The van der Waals surface area contributed by atoms with Crippen LogP contribution in [0.3, 0.4) is 0 Å². The van der Waals surface area contributed by atoms with Crippen LogP contribution in [-0.2, 0) is 11.2 Å². The fraction of sp³-hybridized carbons (Fsp3) is 0.500. The van der Waals surface area contributed by atoms with Crippen molar-refractivity contribution >= 4 is 11.6 Å². The first kappa shape index (κ1) is 12.0.